The van der Waals surface area contributed by atoms with Crippen molar-refractivity contribution in [3.05, 3.63) is 35.4 Å². The van der Waals surface area contributed by atoms with Gasteiger partial charge in [-0.2, -0.15) is 0 Å². The van der Waals surface area contributed by atoms with Gasteiger partial charge in [0.25, 0.3) is 0 Å². The normalized spacial score (nSPS) is 46.5. The first-order valence-electron chi connectivity index (χ1n) is 24.7. The van der Waals surface area contributed by atoms with Crippen LogP contribution in [0.1, 0.15) is 130 Å². The molecule has 0 unspecified atom stereocenters. The number of hydrogen-bond acceptors (Lipinski definition) is 12. The molecule has 354 valence electrons. The molecule has 6 aliphatic carbocycles. The number of nitrogens with zero attached hydrogens (tertiary/aromatic N) is 1. The first kappa shape index (κ1) is 46.1. The summed E-state index contributed by atoms with van der Waals surface area (Å²) in [6, 6.07) is 5.48. The maximum atomic E-state index is 15.7. The standard InChI is InChI=1S/C51H73NO10S2/c1-28(2)29(3)41-42(62-41)46(5,60)39-13-18-50(61)36-22-40(57)49-24-38(56)37(55)23-45(49,4)35(36)12-17-48(39,50)16-11-30-19-33(21-34(54)20-30)52-27-47(14-6-7-15-47)51(43(52)58)31(25-53)9-8-10-32(51)26-63-64-44(49)59/h19-22,28-29,31-32,35,37-39,41-42,44,53-56,59-61H,6-18,23-27H2,1-5H3/t29-,31+,32-,35+,37+,38-,39-,41+,42-,44+,45-,46-,48-,49+,50-,51+/m1/s1. The van der Waals surface area contributed by atoms with Crippen molar-refractivity contribution >= 4 is 39.0 Å². The molecular formula is C51H73NO10S2. The van der Waals surface area contributed by atoms with Crippen LogP contribution in [0.2, 0.25) is 0 Å². The van der Waals surface area contributed by atoms with E-state index in [4.69, 9.17) is 4.74 Å². The predicted molar refractivity (Wildman–Crippen MR) is 247 cm³/mol. The summed E-state index contributed by atoms with van der Waals surface area (Å²) in [7, 11) is 2.70. The van der Waals surface area contributed by atoms with Crippen molar-refractivity contribution in [3.63, 3.8) is 0 Å². The van der Waals surface area contributed by atoms with Crippen molar-refractivity contribution in [3.8, 4) is 5.75 Å². The van der Waals surface area contributed by atoms with Crippen molar-refractivity contribution in [1.29, 1.82) is 0 Å². The average Bonchev–Trinajstić information content (AvgIpc) is 3.72. The predicted octanol–water partition coefficient (Wildman–Crippen LogP) is 6.71. The molecule has 1 amide bonds. The third-order valence-corrected chi connectivity index (χ3v) is 23.2. The number of fused-ring (bicyclic) bond motifs is 2. The number of aliphatic hydroxyl groups is 6. The number of amides is 1. The van der Waals surface area contributed by atoms with Gasteiger partial charge in [-0.05, 0) is 154 Å². The number of carbonyl (C=O) groups excluding carboxylic acids is 2. The van der Waals surface area contributed by atoms with Gasteiger partial charge in [-0.3, -0.25) is 9.59 Å². The van der Waals surface area contributed by atoms with E-state index < -0.39 is 68.4 Å². The molecule has 64 heavy (non-hydrogen) atoms. The smallest absolute Gasteiger partial charge is 0.234 e. The van der Waals surface area contributed by atoms with E-state index >= 15 is 9.59 Å². The number of epoxide rings is 1. The third-order valence-electron chi connectivity index (χ3n) is 20.6. The zero-order valence-electron chi connectivity index (χ0n) is 38.5. The van der Waals surface area contributed by atoms with Gasteiger partial charge in [0.05, 0.1) is 40.3 Å². The number of aliphatic hydroxyl groups excluding tert-OH is 4. The van der Waals surface area contributed by atoms with Crippen LogP contribution in [0.5, 0.6) is 5.75 Å². The molecule has 12 rings (SSSR count). The lowest BCUT2D eigenvalue weighted by Crippen LogP contribution is -2.68. The SMILES string of the molecule is CC(C)[C@@H](C)[C@@H]1O[C@H]1[C@](C)(O)[C@H]1CC[C@@]2(O)C3=CC(=O)[C@]45C[C@@H](O)[C@@H](O)C[C@]4(C)[C@H]3CC[C@]12CCc1cc(O)cc(c1)N1CC2(CCCC2)[C@@]2(C1=O)[C@H](CO)CCC[C@@H]2CSS[C@@H]5O. The molecule has 2 saturated heterocycles. The zero-order valence-corrected chi connectivity index (χ0v) is 40.1. The van der Waals surface area contributed by atoms with E-state index in [0.29, 0.717) is 68.0 Å². The van der Waals surface area contributed by atoms with Crippen molar-refractivity contribution < 1.29 is 50.1 Å². The molecule has 8 bridgehead atoms. The Bertz CT molecular complexity index is 2070. The lowest BCUT2D eigenvalue weighted by Gasteiger charge is -2.65. The Hall–Kier alpha value is -1.68. The number of hydrogen-bond donors (Lipinski definition) is 7. The van der Waals surface area contributed by atoms with Gasteiger partial charge in [0.15, 0.2) is 5.78 Å². The van der Waals surface area contributed by atoms with Crippen LogP contribution in [0.3, 0.4) is 0 Å². The largest absolute Gasteiger partial charge is 0.508 e. The van der Waals surface area contributed by atoms with Gasteiger partial charge in [-0.1, -0.05) is 68.5 Å². The number of phenols is 1. The molecule has 4 spiro atoms. The Morgan fingerprint density at radius 3 is 2.39 bits per heavy atom. The van der Waals surface area contributed by atoms with Crippen LogP contribution in [-0.4, -0.2) is 107 Å². The second-order valence-corrected chi connectivity index (χ2v) is 25.8. The number of ketones is 1. The molecule has 0 radical (unpaired) electrons. The number of anilines is 1. The minimum Gasteiger partial charge on any atom is -0.508 e. The summed E-state index contributed by atoms with van der Waals surface area (Å²) in [5.74, 6) is -0.394. The van der Waals surface area contributed by atoms with E-state index in [1.54, 1.807) is 18.2 Å². The minimum atomic E-state index is -1.53. The molecule has 13 heteroatoms. The highest BCUT2D eigenvalue weighted by molar-refractivity contribution is 8.76. The van der Waals surface area contributed by atoms with Gasteiger partial charge < -0.3 is 45.4 Å². The number of aryl methyl sites for hydroxylation is 1. The number of rotatable bonds is 5. The first-order valence-corrected chi connectivity index (χ1v) is 27.1. The number of phenolic OH excluding ortho intramolecular Hbond substituents is 1. The summed E-state index contributed by atoms with van der Waals surface area (Å²) in [4.78, 5) is 33.0. The third kappa shape index (κ3) is 6.05. The highest BCUT2D eigenvalue weighted by Crippen LogP contribution is 2.74. The first-order chi connectivity index (χ1) is 30.3. The summed E-state index contributed by atoms with van der Waals surface area (Å²) in [5.41, 5.74) is -6.71. The fourth-order valence-electron chi connectivity index (χ4n) is 17.1. The van der Waals surface area contributed by atoms with Gasteiger partial charge in [-0.25, -0.2) is 0 Å². The molecule has 7 N–H and O–H groups in total. The number of allylic oxidation sites excluding steroid dienone is 1. The van der Waals surface area contributed by atoms with Gasteiger partial charge in [0.2, 0.25) is 5.91 Å². The molecule has 1 aromatic rings. The monoisotopic (exact) mass is 923 g/mol. The summed E-state index contributed by atoms with van der Waals surface area (Å²) in [6.07, 6.45) is 7.47. The lowest BCUT2D eigenvalue weighted by molar-refractivity contribution is -0.198. The summed E-state index contributed by atoms with van der Waals surface area (Å²) < 4.78 is 6.37. The summed E-state index contributed by atoms with van der Waals surface area (Å²) in [5, 5.41) is 85.0. The fourth-order valence-corrected chi connectivity index (χ4v) is 20.2. The van der Waals surface area contributed by atoms with Crippen LogP contribution >= 0.6 is 21.6 Å². The van der Waals surface area contributed by atoms with E-state index in [1.807, 2.05) is 24.8 Å². The van der Waals surface area contributed by atoms with E-state index in [9.17, 15) is 35.7 Å². The van der Waals surface area contributed by atoms with Crippen LogP contribution in [0.15, 0.2) is 29.8 Å². The van der Waals surface area contributed by atoms with E-state index in [-0.39, 0.29) is 66.2 Å². The molecule has 5 saturated carbocycles. The maximum Gasteiger partial charge on any atom is 0.234 e. The van der Waals surface area contributed by atoms with E-state index in [1.165, 1.54) is 21.6 Å². The number of carbonyl (C=O) groups is 2. The number of aromatic hydroxyl groups is 1. The van der Waals surface area contributed by atoms with Gasteiger partial charge >= 0.3 is 0 Å². The molecule has 5 aliphatic heterocycles. The van der Waals surface area contributed by atoms with E-state index in [0.717, 1.165) is 50.5 Å². The molecule has 1 aromatic carbocycles. The van der Waals surface area contributed by atoms with Crippen LogP contribution < -0.4 is 4.90 Å². The van der Waals surface area contributed by atoms with E-state index in [2.05, 4.69) is 20.8 Å². The molecule has 11 aliphatic rings. The number of benzene rings is 1. The van der Waals surface area contributed by atoms with Gasteiger partial charge in [0.1, 0.15) is 17.3 Å². The Labute approximate surface area is 387 Å². The lowest BCUT2D eigenvalue weighted by atomic mass is 9.40. The van der Waals surface area contributed by atoms with Gasteiger partial charge in [0, 0.05) is 41.5 Å². The molecule has 0 aromatic heterocycles. The highest BCUT2D eigenvalue weighted by atomic mass is 33.1. The van der Waals surface area contributed by atoms with Crippen LogP contribution in [-0.2, 0) is 20.7 Å². The topological polar surface area (TPSA) is 192 Å². The van der Waals surface area contributed by atoms with Crippen molar-refractivity contribution in [2.75, 3.05) is 23.8 Å². The molecule has 11 nitrogen and oxygen atoms in total. The summed E-state index contributed by atoms with van der Waals surface area (Å²) >= 11 is 0. The molecule has 7 fully saturated rings. The zero-order chi connectivity index (χ0) is 45.6. The van der Waals surface area contributed by atoms with Crippen LogP contribution in [0.4, 0.5) is 5.69 Å². The highest BCUT2D eigenvalue weighted by Gasteiger charge is 2.76. The number of ether oxygens (including phenoxy) is 1. The Kier molecular flexibility index (Phi) is 11.3. The second-order valence-electron chi connectivity index (χ2n) is 23.3. The minimum absolute atomic E-state index is 0.00209. The average molecular weight is 924 g/mol. The van der Waals surface area contributed by atoms with Crippen molar-refractivity contribution in [2.24, 2.45) is 62.6 Å². The summed E-state index contributed by atoms with van der Waals surface area (Å²) in [6.45, 7) is 10.7. The Morgan fingerprint density at radius 1 is 0.938 bits per heavy atom. The van der Waals surface area contributed by atoms with Gasteiger partial charge in [-0.15, -0.1) is 0 Å². The van der Waals surface area contributed by atoms with Crippen LogP contribution in [0, 0.1) is 62.6 Å². The van der Waals surface area contributed by atoms with Crippen molar-refractivity contribution in [1.82, 2.24) is 0 Å². The quantitative estimate of drug-likeness (QED) is 0.122. The molecular weight excluding hydrogens is 851 g/mol. The molecule has 5 heterocycles. The van der Waals surface area contributed by atoms with Crippen molar-refractivity contribution in [2.45, 2.75) is 172 Å². The fraction of sp³-hybridized carbons (Fsp3) is 0.804. The van der Waals surface area contributed by atoms with Crippen LogP contribution in [0.25, 0.3) is 0 Å². The Morgan fingerprint density at radius 2 is 1.67 bits per heavy atom. The second kappa shape index (κ2) is 15.7. The maximum absolute atomic E-state index is 15.7. The molecule has 16 atom stereocenters. The Balaban J connectivity index is 1.14.